The fourth-order valence-corrected chi connectivity index (χ4v) is 5.10. The normalized spacial score (nSPS) is 19.7. The van der Waals surface area contributed by atoms with Gasteiger partial charge in [0.15, 0.2) is 6.10 Å². The molecule has 0 bridgehead atoms. The van der Waals surface area contributed by atoms with Crippen LogP contribution in [0.3, 0.4) is 0 Å². The Morgan fingerprint density at radius 1 is 1.11 bits per heavy atom. The van der Waals surface area contributed by atoms with Crippen LogP contribution in [0.5, 0.6) is 5.75 Å². The van der Waals surface area contributed by atoms with E-state index in [1.807, 2.05) is 0 Å². The van der Waals surface area contributed by atoms with Gasteiger partial charge in [-0.2, -0.15) is 0 Å². The number of nitrogens with one attached hydrogen (secondary N) is 2. The third-order valence-electron chi connectivity index (χ3n) is 6.86. The molecular formula is C28H26ClN3O5. The van der Waals surface area contributed by atoms with Gasteiger partial charge >= 0.3 is 0 Å². The number of aliphatic hydroxyl groups is 1. The van der Waals surface area contributed by atoms with E-state index in [9.17, 15) is 19.5 Å². The lowest BCUT2D eigenvalue weighted by atomic mass is 9.95. The Morgan fingerprint density at radius 2 is 1.89 bits per heavy atom. The van der Waals surface area contributed by atoms with Gasteiger partial charge in [0.1, 0.15) is 11.8 Å². The number of carbonyl (C=O) groups is 3. The molecule has 0 aromatic heterocycles. The van der Waals surface area contributed by atoms with E-state index in [1.54, 1.807) is 78.7 Å². The number of benzene rings is 3. The van der Waals surface area contributed by atoms with E-state index in [-0.39, 0.29) is 30.8 Å². The quantitative estimate of drug-likeness (QED) is 0.475. The molecule has 3 unspecified atom stereocenters. The first-order valence-electron chi connectivity index (χ1n) is 12.0. The highest BCUT2D eigenvalue weighted by Crippen LogP contribution is 2.36. The molecule has 3 amide bonds. The average molecular weight is 520 g/mol. The van der Waals surface area contributed by atoms with E-state index in [4.69, 9.17) is 16.3 Å². The van der Waals surface area contributed by atoms with Gasteiger partial charge in [-0.3, -0.25) is 14.4 Å². The van der Waals surface area contributed by atoms with Crippen LogP contribution >= 0.6 is 11.6 Å². The van der Waals surface area contributed by atoms with Crippen LogP contribution in [0.25, 0.3) is 11.1 Å². The summed E-state index contributed by atoms with van der Waals surface area (Å²) >= 11 is 6.20. The zero-order chi connectivity index (χ0) is 26.1. The zero-order valence-corrected chi connectivity index (χ0v) is 20.9. The van der Waals surface area contributed by atoms with E-state index in [1.165, 1.54) is 0 Å². The number of aliphatic hydroxyl groups excluding tert-OH is 1. The molecule has 2 aliphatic rings. The Morgan fingerprint density at radius 3 is 2.65 bits per heavy atom. The topological polar surface area (TPSA) is 108 Å². The van der Waals surface area contributed by atoms with Crippen molar-refractivity contribution in [3.8, 4) is 16.9 Å². The molecule has 190 valence electrons. The Bertz CT molecular complexity index is 1360. The highest BCUT2D eigenvalue weighted by Gasteiger charge is 2.40. The molecule has 37 heavy (non-hydrogen) atoms. The molecule has 3 aromatic rings. The number of carbonyl (C=O) groups excluding carboxylic acids is 3. The van der Waals surface area contributed by atoms with Gasteiger partial charge in [-0.1, -0.05) is 48.0 Å². The van der Waals surface area contributed by atoms with Crippen LogP contribution < -0.4 is 15.4 Å². The number of nitrogens with zero attached hydrogens (tertiary/aromatic N) is 1. The van der Waals surface area contributed by atoms with Crippen molar-refractivity contribution in [1.29, 1.82) is 0 Å². The molecule has 2 heterocycles. The smallest absolute Gasteiger partial charge is 0.256 e. The monoisotopic (exact) mass is 519 g/mol. The molecule has 3 N–H and O–H groups in total. The summed E-state index contributed by atoms with van der Waals surface area (Å²) in [7, 11) is 1.56. The summed E-state index contributed by atoms with van der Waals surface area (Å²) in [5.74, 6) is -0.506. The van der Waals surface area contributed by atoms with Crippen molar-refractivity contribution in [3.05, 3.63) is 82.9 Å². The largest absolute Gasteiger partial charge is 0.496 e. The number of methoxy groups -OCH3 is 1. The van der Waals surface area contributed by atoms with Crippen LogP contribution in [0, 0.1) is 0 Å². The maximum atomic E-state index is 13.6. The molecule has 1 fully saturated rings. The van der Waals surface area contributed by atoms with E-state index < -0.39 is 18.1 Å². The molecule has 8 nitrogen and oxygen atoms in total. The van der Waals surface area contributed by atoms with Crippen molar-refractivity contribution in [2.75, 3.05) is 19.0 Å². The molecule has 1 saturated heterocycles. The van der Waals surface area contributed by atoms with Gasteiger partial charge in [0.05, 0.1) is 18.4 Å². The number of hydrogen-bond donors (Lipinski definition) is 3. The Labute approximate surface area is 219 Å². The number of piperidine rings is 1. The maximum Gasteiger partial charge on any atom is 0.256 e. The average Bonchev–Trinajstić information content (AvgIpc) is 3.02. The van der Waals surface area contributed by atoms with Gasteiger partial charge in [-0.05, 0) is 54.3 Å². The fraction of sp³-hybridized carbons (Fsp3) is 0.250. The van der Waals surface area contributed by atoms with E-state index >= 15 is 0 Å². The van der Waals surface area contributed by atoms with Crippen molar-refractivity contribution >= 4 is 35.0 Å². The lowest BCUT2D eigenvalue weighted by Gasteiger charge is -2.37. The molecule has 0 saturated carbocycles. The summed E-state index contributed by atoms with van der Waals surface area (Å²) in [6.07, 6.45) is -0.608. The first-order chi connectivity index (χ1) is 17.9. The van der Waals surface area contributed by atoms with Gasteiger partial charge < -0.3 is 25.4 Å². The Kier molecular flexibility index (Phi) is 6.86. The minimum Gasteiger partial charge on any atom is -0.496 e. The van der Waals surface area contributed by atoms with Crippen molar-refractivity contribution in [1.82, 2.24) is 10.2 Å². The summed E-state index contributed by atoms with van der Waals surface area (Å²) in [6.45, 7) is 0.285. The fourth-order valence-electron chi connectivity index (χ4n) is 4.93. The Balaban J connectivity index is 1.36. The predicted molar refractivity (Wildman–Crippen MR) is 139 cm³/mol. The lowest BCUT2D eigenvalue weighted by molar-refractivity contribution is -0.131. The zero-order valence-electron chi connectivity index (χ0n) is 20.1. The van der Waals surface area contributed by atoms with Gasteiger partial charge in [-0.15, -0.1) is 0 Å². The maximum absolute atomic E-state index is 13.6. The molecule has 3 aromatic carbocycles. The van der Waals surface area contributed by atoms with Gasteiger partial charge in [0, 0.05) is 23.2 Å². The summed E-state index contributed by atoms with van der Waals surface area (Å²) < 4.78 is 5.47. The summed E-state index contributed by atoms with van der Waals surface area (Å²) in [6, 6.07) is 18.0. The summed E-state index contributed by atoms with van der Waals surface area (Å²) in [5.41, 5.74) is 2.75. The van der Waals surface area contributed by atoms with Crippen LogP contribution in [0.2, 0.25) is 5.02 Å². The summed E-state index contributed by atoms with van der Waals surface area (Å²) in [5, 5.41) is 16.7. The number of ether oxygens (including phenoxy) is 1. The first-order valence-corrected chi connectivity index (χ1v) is 12.4. The molecule has 5 rings (SSSR count). The van der Waals surface area contributed by atoms with E-state index in [0.29, 0.717) is 34.0 Å². The molecule has 0 radical (unpaired) electrons. The minimum atomic E-state index is -1.31. The number of hydrogen-bond acceptors (Lipinski definition) is 5. The van der Waals surface area contributed by atoms with Crippen LogP contribution in [0.1, 0.15) is 34.9 Å². The Hall–Kier alpha value is -3.88. The van der Waals surface area contributed by atoms with E-state index in [0.717, 1.165) is 11.1 Å². The second-order valence-electron chi connectivity index (χ2n) is 9.15. The molecule has 2 aliphatic heterocycles. The third-order valence-corrected chi connectivity index (χ3v) is 7.09. The summed E-state index contributed by atoms with van der Waals surface area (Å²) in [4.78, 5) is 40.9. The molecule has 0 spiro atoms. The van der Waals surface area contributed by atoms with Crippen LogP contribution in [-0.2, 0) is 9.59 Å². The van der Waals surface area contributed by atoms with Gasteiger partial charge in [0.25, 0.3) is 11.8 Å². The second-order valence-corrected chi connectivity index (χ2v) is 9.59. The van der Waals surface area contributed by atoms with Crippen molar-refractivity contribution in [2.24, 2.45) is 0 Å². The van der Waals surface area contributed by atoms with Crippen molar-refractivity contribution < 1.29 is 24.2 Å². The highest BCUT2D eigenvalue weighted by molar-refractivity contribution is 6.31. The minimum absolute atomic E-state index is 0.244. The molecule has 3 atom stereocenters. The lowest BCUT2D eigenvalue weighted by Crippen LogP contribution is -2.55. The standard InChI is InChI=1S/C28H26ClN3O5/c1-37-24-10-8-18(29)14-20(24)17-7-9-22-21(13-17)28(36)32-12-11-19(15-23(32)26(34)31-22)30-27(35)25(33)16-5-3-2-4-6-16/h2-10,13-14,19,23,25,33H,11-12,15H2,1H3,(H,30,35)(H,31,34). The van der Waals surface area contributed by atoms with Crippen molar-refractivity contribution in [3.63, 3.8) is 0 Å². The first kappa shape index (κ1) is 24.8. The van der Waals surface area contributed by atoms with Gasteiger partial charge in [-0.25, -0.2) is 0 Å². The number of rotatable bonds is 5. The molecule has 9 heteroatoms. The van der Waals surface area contributed by atoms with Crippen LogP contribution in [0.4, 0.5) is 5.69 Å². The molecule has 0 aliphatic carbocycles. The number of amides is 3. The second kappa shape index (κ2) is 10.2. The number of fused-ring (bicyclic) bond motifs is 2. The van der Waals surface area contributed by atoms with Gasteiger partial charge in [0.2, 0.25) is 5.91 Å². The van der Waals surface area contributed by atoms with Crippen LogP contribution in [0.15, 0.2) is 66.7 Å². The van der Waals surface area contributed by atoms with E-state index in [2.05, 4.69) is 10.6 Å². The third kappa shape index (κ3) is 4.90. The SMILES string of the molecule is COc1ccc(Cl)cc1-c1ccc2c(c1)C(=O)N1CCC(NC(=O)C(O)c3ccccc3)CC1C(=O)N2. The number of anilines is 1. The van der Waals surface area contributed by atoms with Crippen LogP contribution in [-0.4, -0.2) is 53.5 Å². The number of halogens is 1. The highest BCUT2D eigenvalue weighted by atomic mass is 35.5. The predicted octanol–water partition coefficient (Wildman–Crippen LogP) is 3.79. The van der Waals surface area contributed by atoms with Crippen molar-refractivity contribution in [2.45, 2.75) is 31.0 Å². The molecular weight excluding hydrogens is 494 g/mol.